The molecule has 0 saturated carbocycles. The number of hydrogen-bond donors (Lipinski definition) is 1. The van der Waals surface area contributed by atoms with Crippen LogP contribution in [0.25, 0.3) is 0 Å². The molecule has 0 aliphatic rings. The third kappa shape index (κ3) is 79.5. The molecule has 5 nitrogen and oxygen atoms in total. The minimum Gasteiger partial charge on any atom is -0.750 e. The molecule has 0 aromatic heterocycles. The van der Waals surface area contributed by atoms with Gasteiger partial charge in [-0.3, -0.25) is 0 Å². The van der Waals surface area contributed by atoms with Crippen LogP contribution in [0, 0.1) is 0 Å². The topological polar surface area (TPSA) is 94.5 Å². The summed E-state index contributed by atoms with van der Waals surface area (Å²) < 4.78 is 24.1. The van der Waals surface area contributed by atoms with Gasteiger partial charge >= 0.3 is 29.6 Å². The Labute approximate surface area is 82.6 Å². The van der Waals surface area contributed by atoms with E-state index in [1.807, 2.05) is 0 Å². The first-order chi connectivity index (χ1) is 4.15. The van der Waals surface area contributed by atoms with E-state index in [0.717, 1.165) is 0 Å². The average Bonchev–Trinajstić information content (AvgIpc) is 1.66. The van der Waals surface area contributed by atoms with Gasteiger partial charge in [-0.25, -0.2) is 4.21 Å². The minimum absolute atomic E-state index is 0. The molecule has 7 heteroatoms. The van der Waals surface area contributed by atoms with Crippen molar-refractivity contribution in [2.45, 2.75) is 6.42 Å². The summed E-state index contributed by atoms with van der Waals surface area (Å²) in [7, 11) is 0. The molecule has 0 radical (unpaired) electrons. The third-order valence-corrected chi connectivity index (χ3v) is 0.192. The fraction of sp³-hybridized carbons (Fsp3) is 0.333. The maximum Gasteiger partial charge on any atom is 1.00 e. The first-order valence-electron chi connectivity index (χ1n) is 1.80. The second-order valence-corrected chi connectivity index (χ2v) is 1.22. The van der Waals surface area contributed by atoms with Gasteiger partial charge in [-0.1, -0.05) is 0 Å². The van der Waals surface area contributed by atoms with E-state index in [1.54, 1.807) is 0 Å². The van der Waals surface area contributed by atoms with Crippen LogP contribution in [0.3, 0.4) is 0 Å². The SMILES string of the molecule is O=CCC=O.O=S([O-])O.[Na+]. The molecule has 0 fully saturated rings. The Morgan fingerprint density at radius 1 is 1.40 bits per heavy atom. The largest absolute Gasteiger partial charge is 1.00 e. The Bertz CT molecular complexity index is 95.1. The smallest absolute Gasteiger partial charge is 0.750 e. The standard InChI is InChI=1S/C3H4O2.Na.H2O3S/c4-2-1-3-5;;1-4(2)3/h2-3H,1H2;;(H2,1,2,3)/q;+1;/p-1. The van der Waals surface area contributed by atoms with Gasteiger partial charge in [0.05, 0.1) is 17.8 Å². The Hall–Kier alpha value is 0.410. The van der Waals surface area contributed by atoms with Crippen LogP contribution in [0.4, 0.5) is 0 Å². The fourth-order valence-electron chi connectivity index (χ4n) is 0.0393. The first kappa shape index (κ1) is 16.8. The maximum absolute atomic E-state index is 9.17. The Balaban J connectivity index is -0.0000000910. The molecule has 0 heterocycles. The van der Waals surface area contributed by atoms with Gasteiger partial charge in [-0.2, -0.15) is 0 Å². The summed E-state index contributed by atoms with van der Waals surface area (Å²) >= 11 is -2.86. The number of rotatable bonds is 2. The van der Waals surface area contributed by atoms with Crippen LogP contribution < -0.4 is 29.6 Å². The van der Waals surface area contributed by atoms with E-state index in [0.29, 0.717) is 12.6 Å². The molecular weight excluding hydrogens is 171 g/mol. The molecule has 1 atom stereocenters. The van der Waals surface area contributed by atoms with Crippen LogP contribution in [-0.2, 0) is 21.0 Å². The van der Waals surface area contributed by atoms with Gasteiger partial charge in [-0.05, 0) is 0 Å². The van der Waals surface area contributed by atoms with Crippen molar-refractivity contribution in [2.24, 2.45) is 0 Å². The Kier molecular flexibility index (Phi) is 27.2. The summed E-state index contributed by atoms with van der Waals surface area (Å²) in [6.45, 7) is 0. The van der Waals surface area contributed by atoms with Gasteiger partial charge in [0, 0.05) is 0 Å². The molecule has 0 aromatic carbocycles. The summed E-state index contributed by atoms with van der Waals surface area (Å²) in [4.78, 5) is 18.3. The number of carbonyl (C=O) groups excluding carboxylic acids is 2. The van der Waals surface area contributed by atoms with Gasteiger partial charge in [0.1, 0.15) is 12.6 Å². The molecule has 0 amide bonds. The van der Waals surface area contributed by atoms with Crippen molar-refractivity contribution in [3.05, 3.63) is 0 Å². The summed E-state index contributed by atoms with van der Waals surface area (Å²) in [5.41, 5.74) is 0. The summed E-state index contributed by atoms with van der Waals surface area (Å²) in [6.07, 6.45) is 1.15. The first-order valence-corrected chi connectivity index (χ1v) is 2.84. The minimum atomic E-state index is -2.86. The normalized spacial score (nSPS) is 9.40. The predicted octanol–water partition coefficient (Wildman–Crippen LogP) is -3.88. The van der Waals surface area contributed by atoms with Crippen LogP contribution in [0.2, 0.25) is 0 Å². The number of carbonyl (C=O) groups is 2. The summed E-state index contributed by atoms with van der Waals surface area (Å²) in [6, 6.07) is 0. The summed E-state index contributed by atoms with van der Waals surface area (Å²) in [5, 5.41) is 0. The van der Waals surface area contributed by atoms with Crippen molar-refractivity contribution in [2.75, 3.05) is 0 Å². The van der Waals surface area contributed by atoms with Gasteiger partial charge in [-0.15, -0.1) is 0 Å². The molecule has 54 valence electrons. The van der Waals surface area contributed by atoms with Crippen molar-refractivity contribution in [3.63, 3.8) is 0 Å². The molecule has 0 spiro atoms. The van der Waals surface area contributed by atoms with Crippen LogP contribution in [0.15, 0.2) is 0 Å². The Morgan fingerprint density at radius 3 is 1.60 bits per heavy atom. The maximum atomic E-state index is 9.17. The van der Waals surface area contributed by atoms with Crippen molar-refractivity contribution in [3.8, 4) is 0 Å². The summed E-state index contributed by atoms with van der Waals surface area (Å²) in [5.74, 6) is 0. The van der Waals surface area contributed by atoms with E-state index in [4.69, 9.17) is 13.3 Å². The zero-order valence-electron chi connectivity index (χ0n) is 5.35. The zero-order valence-corrected chi connectivity index (χ0v) is 8.17. The quantitative estimate of drug-likeness (QED) is 0.201. The second kappa shape index (κ2) is 16.2. The predicted molar refractivity (Wildman–Crippen MR) is 28.3 cm³/mol. The molecule has 0 aliphatic heterocycles. The second-order valence-electron chi connectivity index (χ2n) is 0.786. The van der Waals surface area contributed by atoms with Crippen LogP contribution in [0.5, 0.6) is 0 Å². The fourth-order valence-corrected chi connectivity index (χ4v) is 0.0393. The van der Waals surface area contributed by atoms with E-state index >= 15 is 0 Å². The van der Waals surface area contributed by atoms with E-state index in [9.17, 15) is 9.59 Å². The Morgan fingerprint density at radius 2 is 1.60 bits per heavy atom. The van der Waals surface area contributed by atoms with Crippen LogP contribution >= 0.6 is 0 Å². The van der Waals surface area contributed by atoms with Gasteiger partial charge < -0.3 is 18.7 Å². The number of aldehydes is 2. The molecule has 0 rings (SSSR count). The zero-order chi connectivity index (χ0) is 7.70. The molecule has 0 aliphatic carbocycles. The monoisotopic (exact) mass is 176 g/mol. The van der Waals surface area contributed by atoms with E-state index < -0.39 is 11.4 Å². The van der Waals surface area contributed by atoms with Crippen molar-refractivity contribution < 1.29 is 52.5 Å². The molecule has 0 aromatic rings. The van der Waals surface area contributed by atoms with Gasteiger partial charge in [0.25, 0.3) is 0 Å². The molecule has 0 bridgehead atoms. The van der Waals surface area contributed by atoms with E-state index in [-0.39, 0.29) is 36.0 Å². The van der Waals surface area contributed by atoms with Crippen LogP contribution in [0.1, 0.15) is 6.42 Å². The van der Waals surface area contributed by atoms with Gasteiger partial charge in [0.15, 0.2) is 0 Å². The van der Waals surface area contributed by atoms with Crippen LogP contribution in [-0.4, -0.2) is 25.9 Å². The molecule has 1 unspecified atom stereocenters. The van der Waals surface area contributed by atoms with Crippen molar-refractivity contribution >= 4 is 23.9 Å². The molecular formula is C3H5NaO5S. The van der Waals surface area contributed by atoms with Crippen molar-refractivity contribution in [1.29, 1.82) is 0 Å². The average molecular weight is 176 g/mol. The molecule has 1 N–H and O–H groups in total. The third-order valence-electron chi connectivity index (χ3n) is 0.192. The van der Waals surface area contributed by atoms with E-state index in [2.05, 4.69) is 0 Å². The molecule has 10 heavy (non-hydrogen) atoms. The van der Waals surface area contributed by atoms with E-state index in [1.165, 1.54) is 0 Å². The van der Waals surface area contributed by atoms with Gasteiger partial charge in [0.2, 0.25) is 0 Å². The van der Waals surface area contributed by atoms with Crippen molar-refractivity contribution in [1.82, 2.24) is 0 Å². The number of hydrogen-bond acceptors (Lipinski definition) is 4. The molecule has 0 saturated heterocycles.